The molecule has 7 heteroatoms. The van der Waals surface area contributed by atoms with Gasteiger partial charge in [-0.25, -0.2) is 9.67 Å². The summed E-state index contributed by atoms with van der Waals surface area (Å²) in [7, 11) is 0. The van der Waals surface area contributed by atoms with E-state index < -0.39 is 0 Å². The summed E-state index contributed by atoms with van der Waals surface area (Å²) in [6.45, 7) is 8.85. The summed E-state index contributed by atoms with van der Waals surface area (Å²) in [6.07, 6.45) is 1.79. The molecule has 0 amide bonds. The molecule has 2 aliphatic heterocycles. The molecule has 140 valence electrons. The molecule has 0 spiro atoms. The van der Waals surface area contributed by atoms with Gasteiger partial charge in [-0.15, -0.1) is 0 Å². The third-order valence-electron chi connectivity index (χ3n) is 4.93. The van der Waals surface area contributed by atoms with Gasteiger partial charge in [-0.05, 0) is 18.6 Å². The van der Waals surface area contributed by atoms with Crippen molar-refractivity contribution in [3.05, 3.63) is 29.8 Å². The Bertz CT molecular complexity index is 755. The van der Waals surface area contributed by atoms with Crippen LogP contribution in [-0.4, -0.2) is 59.2 Å². The first-order valence-electron chi connectivity index (χ1n) is 9.47. The molecule has 0 radical (unpaired) electrons. The maximum atomic E-state index is 5.75. The molecular weight excluding hydrogens is 332 g/mol. The fourth-order valence-electron chi connectivity index (χ4n) is 3.58. The molecule has 26 heavy (non-hydrogen) atoms. The minimum Gasteiger partial charge on any atom is -0.486 e. The molecule has 1 fully saturated rings. The first-order valence-corrected chi connectivity index (χ1v) is 9.47. The van der Waals surface area contributed by atoms with Gasteiger partial charge in [-0.2, -0.15) is 5.10 Å². The minimum absolute atomic E-state index is 0.222. The van der Waals surface area contributed by atoms with Crippen molar-refractivity contribution in [3.8, 4) is 17.2 Å². The standard InChI is InChI=1S/C19H26N4O3/c1-3-15(22-7-9-24-10-8-22)19-20-18(4-2)21-23(19)14-5-6-16-17(13-14)26-12-11-25-16/h5-6,13,15H,3-4,7-12H2,1-2H3/t15-/m1/s1. The van der Waals surface area contributed by atoms with E-state index in [9.17, 15) is 0 Å². The summed E-state index contributed by atoms with van der Waals surface area (Å²) in [6, 6.07) is 6.20. The second kappa shape index (κ2) is 7.63. The van der Waals surface area contributed by atoms with Crippen LogP contribution in [0.5, 0.6) is 11.5 Å². The first kappa shape index (κ1) is 17.3. The van der Waals surface area contributed by atoms with Crippen molar-refractivity contribution in [1.82, 2.24) is 19.7 Å². The van der Waals surface area contributed by atoms with Gasteiger partial charge in [0, 0.05) is 25.6 Å². The zero-order valence-electron chi connectivity index (χ0n) is 15.5. The molecule has 1 atom stereocenters. The summed E-state index contributed by atoms with van der Waals surface area (Å²) < 4.78 is 18.9. The maximum Gasteiger partial charge on any atom is 0.163 e. The number of ether oxygens (including phenoxy) is 3. The minimum atomic E-state index is 0.222. The number of nitrogens with zero attached hydrogens (tertiary/aromatic N) is 4. The van der Waals surface area contributed by atoms with Crippen molar-refractivity contribution >= 4 is 0 Å². The second-order valence-corrected chi connectivity index (χ2v) is 6.55. The summed E-state index contributed by atoms with van der Waals surface area (Å²) in [5, 5.41) is 4.76. The van der Waals surface area contributed by atoms with Crippen LogP contribution in [0.15, 0.2) is 18.2 Å². The molecule has 2 aromatic rings. The largest absolute Gasteiger partial charge is 0.486 e. The Morgan fingerprint density at radius 3 is 2.54 bits per heavy atom. The molecule has 7 nitrogen and oxygen atoms in total. The van der Waals surface area contributed by atoms with E-state index in [1.807, 2.05) is 22.9 Å². The van der Waals surface area contributed by atoms with Crippen molar-refractivity contribution in [2.75, 3.05) is 39.5 Å². The van der Waals surface area contributed by atoms with E-state index in [0.717, 1.165) is 68.0 Å². The molecule has 4 rings (SSSR count). The lowest BCUT2D eigenvalue weighted by Crippen LogP contribution is -2.39. The first-order chi connectivity index (χ1) is 12.8. The summed E-state index contributed by atoms with van der Waals surface area (Å²) in [5.41, 5.74) is 0.961. The second-order valence-electron chi connectivity index (χ2n) is 6.55. The van der Waals surface area contributed by atoms with E-state index in [4.69, 9.17) is 24.3 Å². The van der Waals surface area contributed by atoms with Crippen LogP contribution in [-0.2, 0) is 11.2 Å². The van der Waals surface area contributed by atoms with E-state index >= 15 is 0 Å². The predicted octanol–water partition coefficient (Wildman–Crippen LogP) is 2.38. The monoisotopic (exact) mass is 358 g/mol. The highest BCUT2D eigenvalue weighted by Gasteiger charge is 2.27. The number of hydrogen-bond donors (Lipinski definition) is 0. The Kier molecular flexibility index (Phi) is 5.08. The van der Waals surface area contributed by atoms with Gasteiger partial charge in [-0.3, -0.25) is 4.90 Å². The van der Waals surface area contributed by atoms with E-state index in [1.165, 1.54) is 0 Å². The molecule has 0 N–H and O–H groups in total. The predicted molar refractivity (Wildman–Crippen MR) is 97.2 cm³/mol. The van der Waals surface area contributed by atoms with Gasteiger partial charge in [-0.1, -0.05) is 13.8 Å². The van der Waals surface area contributed by atoms with E-state index in [1.54, 1.807) is 0 Å². The SMILES string of the molecule is CCc1nc([C@@H](CC)N2CCOCC2)n(-c2ccc3c(c2)OCCO3)n1. The lowest BCUT2D eigenvalue weighted by molar-refractivity contribution is 0.0129. The van der Waals surface area contributed by atoms with Gasteiger partial charge in [0.2, 0.25) is 0 Å². The molecule has 1 aromatic carbocycles. The smallest absolute Gasteiger partial charge is 0.163 e. The Morgan fingerprint density at radius 2 is 1.81 bits per heavy atom. The van der Waals surface area contributed by atoms with Crippen LogP contribution in [0.25, 0.3) is 5.69 Å². The molecule has 1 saturated heterocycles. The quantitative estimate of drug-likeness (QED) is 0.818. The lowest BCUT2D eigenvalue weighted by Gasteiger charge is -2.33. The van der Waals surface area contributed by atoms with Gasteiger partial charge in [0.1, 0.15) is 19.0 Å². The lowest BCUT2D eigenvalue weighted by atomic mass is 10.1. The molecule has 0 unspecified atom stereocenters. The Hall–Kier alpha value is -2.12. The van der Waals surface area contributed by atoms with Crippen LogP contribution in [0.2, 0.25) is 0 Å². The average Bonchev–Trinajstić information content (AvgIpc) is 3.13. The number of aromatic nitrogens is 3. The molecule has 0 aliphatic carbocycles. The number of morpholine rings is 1. The Morgan fingerprint density at radius 1 is 1.04 bits per heavy atom. The maximum absolute atomic E-state index is 5.75. The molecular formula is C19H26N4O3. The van der Waals surface area contributed by atoms with Crippen molar-refractivity contribution in [2.24, 2.45) is 0 Å². The Labute approximate surface area is 153 Å². The van der Waals surface area contributed by atoms with Crippen LogP contribution in [0.3, 0.4) is 0 Å². The van der Waals surface area contributed by atoms with Crippen molar-refractivity contribution in [1.29, 1.82) is 0 Å². The number of rotatable bonds is 5. The zero-order valence-corrected chi connectivity index (χ0v) is 15.5. The van der Waals surface area contributed by atoms with Gasteiger partial charge in [0.15, 0.2) is 17.3 Å². The highest BCUT2D eigenvalue weighted by Crippen LogP contribution is 2.33. The van der Waals surface area contributed by atoms with Crippen LogP contribution in [0.1, 0.15) is 38.0 Å². The summed E-state index contributed by atoms with van der Waals surface area (Å²) in [5.74, 6) is 3.41. The molecule has 0 bridgehead atoms. The highest BCUT2D eigenvalue weighted by molar-refractivity contribution is 5.49. The van der Waals surface area contributed by atoms with Crippen molar-refractivity contribution < 1.29 is 14.2 Å². The number of hydrogen-bond acceptors (Lipinski definition) is 6. The zero-order chi connectivity index (χ0) is 17.9. The topological polar surface area (TPSA) is 61.6 Å². The third kappa shape index (κ3) is 3.29. The van der Waals surface area contributed by atoms with Gasteiger partial charge < -0.3 is 14.2 Å². The van der Waals surface area contributed by atoms with Crippen LogP contribution in [0, 0.1) is 0 Å². The molecule has 2 aliphatic rings. The molecule has 3 heterocycles. The summed E-state index contributed by atoms with van der Waals surface area (Å²) >= 11 is 0. The molecule has 1 aromatic heterocycles. The van der Waals surface area contributed by atoms with Gasteiger partial charge >= 0.3 is 0 Å². The van der Waals surface area contributed by atoms with Crippen molar-refractivity contribution in [2.45, 2.75) is 32.7 Å². The third-order valence-corrected chi connectivity index (χ3v) is 4.93. The van der Waals surface area contributed by atoms with E-state index in [0.29, 0.717) is 13.2 Å². The van der Waals surface area contributed by atoms with E-state index in [2.05, 4.69) is 18.7 Å². The highest BCUT2D eigenvalue weighted by atomic mass is 16.6. The number of fused-ring (bicyclic) bond motifs is 1. The number of benzene rings is 1. The average molecular weight is 358 g/mol. The number of aryl methyl sites for hydroxylation is 1. The fourth-order valence-corrected chi connectivity index (χ4v) is 3.58. The van der Waals surface area contributed by atoms with Crippen LogP contribution >= 0.6 is 0 Å². The Balaban J connectivity index is 1.72. The van der Waals surface area contributed by atoms with Crippen LogP contribution in [0.4, 0.5) is 0 Å². The van der Waals surface area contributed by atoms with Crippen molar-refractivity contribution in [3.63, 3.8) is 0 Å². The molecule has 0 saturated carbocycles. The van der Waals surface area contributed by atoms with Gasteiger partial charge in [0.25, 0.3) is 0 Å². The van der Waals surface area contributed by atoms with Gasteiger partial charge in [0.05, 0.1) is 24.9 Å². The normalized spacial score (nSPS) is 18.7. The van der Waals surface area contributed by atoms with E-state index in [-0.39, 0.29) is 6.04 Å². The fraction of sp³-hybridized carbons (Fsp3) is 0.579. The van der Waals surface area contributed by atoms with Crippen LogP contribution < -0.4 is 9.47 Å². The summed E-state index contributed by atoms with van der Waals surface area (Å²) in [4.78, 5) is 7.31.